The highest BCUT2D eigenvalue weighted by Crippen LogP contribution is 2.34. The standard InChI is InChI=1S/C16H16BrClFNO/c1-3-20-16(11-5-4-6-13(18)15(11)19)12-9-10(17)7-8-14(12)21-2/h4-9,16,20H,3H2,1-2H3. The van der Waals surface area contributed by atoms with Crippen LogP contribution in [0, 0.1) is 5.82 Å². The van der Waals surface area contributed by atoms with E-state index in [0.717, 1.165) is 10.0 Å². The van der Waals surface area contributed by atoms with Crippen LogP contribution in [0.25, 0.3) is 0 Å². The number of hydrogen-bond acceptors (Lipinski definition) is 2. The summed E-state index contributed by atoms with van der Waals surface area (Å²) in [4.78, 5) is 0. The van der Waals surface area contributed by atoms with Crippen LogP contribution in [0.2, 0.25) is 5.02 Å². The van der Waals surface area contributed by atoms with Crippen LogP contribution in [0.1, 0.15) is 24.1 Å². The fourth-order valence-electron chi connectivity index (χ4n) is 2.27. The molecule has 5 heteroatoms. The highest BCUT2D eigenvalue weighted by atomic mass is 79.9. The first-order valence-corrected chi connectivity index (χ1v) is 7.76. The van der Waals surface area contributed by atoms with Crippen molar-refractivity contribution in [1.82, 2.24) is 5.32 Å². The molecule has 1 N–H and O–H groups in total. The summed E-state index contributed by atoms with van der Waals surface area (Å²) in [5, 5.41) is 3.40. The van der Waals surface area contributed by atoms with Crippen molar-refractivity contribution < 1.29 is 9.13 Å². The molecule has 0 amide bonds. The fourth-order valence-corrected chi connectivity index (χ4v) is 2.83. The molecule has 0 radical (unpaired) electrons. The molecule has 0 aromatic heterocycles. The summed E-state index contributed by atoms with van der Waals surface area (Å²) in [6.07, 6.45) is 0. The Kier molecular flexibility index (Phi) is 5.62. The van der Waals surface area contributed by atoms with E-state index in [9.17, 15) is 4.39 Å². The van der Waals surface area contributed by atoms with Crippen molar-refractivity contribution in [3.63, 3.8) is 0 Å². The van der Waals surface area contributed by atoms with E-state index in [1.54, 1.807) is 25.3 Å². The molecular weight excluding hydrogens is 357 g/mol. The Bertz CT molecular complexity index is 636. The molecule has 0 aliphatic carbocycles. The number of hydrogen-bond donors (Lipinski definition) is 1. The Hall–Kier alpha value is -1.10. The zero-order chi connectivity index (χ0) is 15.4. The van der Waals surface area contributed by atoms with E-state index in [0.29, 0.717) is 17.9 Å². The van der Waals surface area contributed by atoms with Crippen LogP contribution in [0.5, 0.6) is 5.75 Å². The molecule has 1 atom stereocenters. The fraction of sp³-hybridized carbons (Fsp3) is 0.250. The van der Waals surface area contributed by atoms with Crippen LogP contribution in [-0.4, -0.2) is 13.7 Å². The molecule has 112 valence electrons. The summed E-state index contributed by atoms with van der Waals surface area (Å²) in [5.74, 6) is 0.288. The monoisotopic (exact) mass is 371 g/mol. The molecule has 0 saturated carbocycles. The Morgan fingerprint density at radius 3 is 2.71 bits per heavy atom. The second kappa shape index (κ2) is 7.25. The van der Waals surface area contributed by atoms with Gasteiger partial charge >= 0.3 is 0 Å². The van der Waals surface area contributed by atoms with Crippen molar-refractivity contribution in [3.05, 3.63) is 62.8 Å². The van der Waals surface area contributed by atoms with Crippen molar-refractivity contribution in [2.45, 2.75) is 13.0 Å². The van der Waals surface area contributed by atoms with Gasteiger partial charge in [-0.1, -0.05) is 46.6 Å². The predicted octanol–water partition coefficient (Wildman–Crippen LogP) is 4.95. The topological polar surface area (TPSA) is 21.3 Å². The quantitative estimate of drug-likeness (QED) is 0.802. The van der Waals surface area contributed by atoms with Crippen molar-refractivity contribution in [2.75, 3.05) is 13.7 Å². The molecule has 0 aliphatic rings. The highest BCUT2D eigenvalue weighted by Gasteiger charge is 2.22. The third-order valence-corrected chi connectivity index (χ3v) is 3.99. The van der Waals surface area contributed by atoms with Gasteiger partial charge in [-0.15, -0.1) is 0 Å². The molecule has 0 bridgehead atoms. The maximum atomic E-state index is 14.4. The summed E-state index contributed by atoms with van der Waals surface area (Å²) in [6.45, 7) is 2.66. The summed E-state index contributed by atoms with van der Waals surface area (Å²) in [7, 11) is 1.60. The van der Waals surface area contributed by atoms with Crippen LogP contribution >= 0.6 is 27.5 Å². The molecule has 2 nitrogen and oxygen atoms in total. The largest absolute Gasteiger partial charge is 0.496 e. The predicted molar refractivity (Wildman–Crippen MR) is 87.6 cm³/mol. The summed E-state index contributed by atoms with van der Waals surface area (Å²) in [5.41, 5.74) is 1.36. The van der Waals surface area contributed by atoms with Crippen molar-refractivity contribution >= 4 is 27.5 Å². The van der Waals surface area contributed by atoms with Crippen molar-refractivity contribution in [1.29, 1.82) is 0 Å². The molecule has 0 spiro atoms. The number of methoxy groups -OCH3 is 1. The van der Waals surface area contributed by atoms with E-state index < -0.39 is 5.82 Å². The number of benzene rings is 2. The number of halogens is 3. The lowest BCUT2D eigenvalue weighted by molar-refractivity contribution is 0.403. The minimum absolute atomic E-state index is 0.115. The molecule has 0 aliphatic heterocycles. The first-order chi connectivity index (χ1) is 10.1. The normalized spacial score (nSPS) is 12.2. The van der Waals surface area contributed by atoms with Gasteiger partial charge in [0.05, 0.1) is 18.2 Å². The minimum Gasteiger partial charge on any atom is -0.496 e. The van der Waals surface area contributed by atoms with Crippen LogP contribution in [-0.2, 0) is 0 Å². The van der Waals surface area contributed by atoms with Gasteiger partial charge in [0.25, 0.3) is 0 Å². The zero-order valence-electron chi connectivity index (χ0n) is 11.8. The molecule has 0 heterocycles. The van der Waals surface area contributed by atoms with Gasteiger partial charge < -0.3 is 10.1 Å². The summed E-state index contributed by atoms with van der Waals surface area (Å²) >= 11 is 9.35. The van der Waals surface area contributed by atoms with E-state index >= 15 is 0 Å². The third-order valence-electron chi connectivity index (χ3n) is 3.20. The lowest BCUT2D eigenvalue weighted by Crippen LogP contribution is -2.23. The Balaban J connectivity index is 2.58. The van der Waals surface area contributed by atoms with E-state index in [1.165, 1.54) is 0 Å². The van der Waals surface area contributed by atoms with Gasteiger partial charge in [0.2, 0.25) is 0 Å². The van der Waals surface area contributed by atoms with E-state index in [1.807, 2.05) is 25.1 Å². The number of nitrogens with one attached hydrogen (secondary N) is 1. The summed E-state index contributed by atoms with van der Waals surface area (Å²) in [6, 6.07) is 10.4. The van der Waals surface area contributed by atoms with Gasteiger partial charge in [-0.25, -0.2) is 4.39 Å². The first-order valence-electron chi connectivity index (χ1n) is 6.59. The SMILES string of the molecule is CCNC(c1cc(Br)ccc1OC)c1cccc(Cl)c1F. The van der Waals surface area contributed by atoms with Crippen LogP contribution < -0.4 is 10.1 Å². The average molecular weight is 373 g/mol. The average Bonchev–Trinajstić information content (AvgIpc) is 2.48. The van der Waals surface area contributed by atoms with Gasteiger partial charge in [-0.2, -0.15) is 0 Å². The van der Waals surface area contributed by atoms with Crippen molar-refractivity contribution in [3.8, 4) is 5.75 Å². The van der Waals surface area contributed by atoms with Crippen LogP contribution in [0.3, 0.4) is 0 Å². The van der Waals surface area contributed by atoms with E-state index in [4.69, 9.17) is 16.3 Å². The Morgan fingerprint density at radius 2 is 2.05 bits per heavy atom. The van der Waals surface area contributed by atoms with Crippen LogP contribution in [0.15, 0.2) is 40.9 Å². The second-order valence-electron chi connectivity index (χ2n) is 4.52. The Labute approximate surface area is 137 Å². The van der Waals surface area contributed by atoms with E-state index in [-0.39, 0.29) is 11.1 Å². The highest BCUT2D eigenvalue weighted by molar-refractivity contribution is 9.10. The number of ether oxygens (including phenoxy) is 1. The smallest absolute Gasteiger partial charge is 0.146 e. The third kappa shape index (κ3) is 3.57. The molecule has 21 heavy (non-hydrogen) atoms. The van der Waals surface area contributed by atoms with Crippen molar-refractivity contribution in [2.24, 2.45) is 0 Å². The molecule has 1 unspecified atom stereocenters. The lowest BCUT2D eigenvalue weighted by atomic mass is 9.97. The molecular formula is C16H16BrClFNO. The Morgan fingerprint density at radius 1 is 1.29 bits per heavy atom. The summed E-state index contributed by atoms with van der Waals surface area (Å²) < 4.78 is 20.7. The molecule has 2 aromatic rings. The second-order valence-corrected chi connectivity index (χ2v) is 5.84. The maximum Gasteiger partial charge on any atom is 0.146 e. The van der Waals surface area contributed by atoms with Gasteiger partial charge in [-0.3, -0.25) is 0 Å². The minimum atomic E-state index is -0.410. The maximum absolute atomic E-state index is 14.4. The van der Waals surface area contributed by atoms with Gasteiger partial charge in [0, 0.05) is 15.6 Å². The molecule has 2 rings (SSSR count). The van der Waals surface area contributed by atoms with Gasteiger partial charge in [0.1, 0.15) is 11.6 Å². The molecule has 0 saturated heterocycles. The lowest BCUT2D eigenvalue weighted by Gasteiger charge is -2.22. The van der Waals surface area contributed by atoms with E-state index in [2.05, 4.69) is 21.2 Å². The number of rotatable bonds is 5. The molecule has 0 fully saturated rings. The zero-order valence-corrected chi connectivity index (χ0v) is 14.1. The van der Waals surface area contributed by atoms with Crippen LogP contribution in [0.4, 0.5) is 4.39 Å². The van der Waals surface area contributed by atoms with Gasteiger partial charge in [-0.05, 0) is 30.8 Å². The molecule has 2 aromatic carbocycles. The first kappa shape index (κ1) is 16.3. The van der Waals surface area contributed by atoms with Gasteiger partial charge in [0.15, 0.2) is 0 Å².